The molecule has 3 heteroatoms. The van der Waals surface area contributed by atoms with E-state index in [0.717, 1.165) is 18.9 Å². The standard InChI is InChI=1S/C13H21N3/c1-13(2,14-3)11-6-7-12(15-10-11)16-8-4-5-9-16/h6-7,10,14H,4-5,8-9H2,1-3H3. The van der Waals surface area contributed by atoms with Gasteiger partial charge in [-0.15, -0.1) is 0 Å². The lowest BCUT2D eigenvalue weighted by Crippen LogP contribution is -2.33. The van der Waals surface area contributed by atoms with E-state index in [4.69, 9.17) is 0 Å². The average Bonchev–Trinajstić information content (AvgIpc) is 2.83. The molecule has 0 radical (unpaired) electrons. The maximum Gasteiger partial charge on any atom is 0.128 e. The Morgan fingerprint density at radius 2 is 1.94 bits per heavy atom. The van der Waals surface area contributed by atoms with Crippen molar-refractivity contribution in [2.24, 2.45) is 0 Å². The van der Waals surface area contributed by atoms with Gasteiger partial charge in [-0.05, 0) is 45.4 Å². The van der Waals surface area contributed by atoms with Crippen molar-refractivity contribution >= 4 is 5.82 Å². The van der Waals surface area contributed by atoms with Crippen LogP contribution in [0.15, 0.2) is 18.3 Å². The molecule has 2 heterocycles. The van der Waals surface area contributed by atoms with E-state index in [2.05, 4.69) is 41.2 Å². The summed E-state index contributed by atoms with van der Waals surface area (Å²) in [5, 5.41) is 3.29. The van der Waals surface area contributed by atoms with Crippen LogP contribution in [0.4, 0.5) is 5.82 Å². The maximum absolute atomic E-state index is 4.56. The molecule has 2 rings (SSSR count). The van der Waals surface area contributed by atoms with E-state index >= 15 is 0 Å². The van der Waals surface area contributed by atoms with Crippen LogP contribution in [-0.2, 0) is 5.54 Å². The predicted octanol–water partition coefficient (Wildman–Crippen LogP) is 2.14. The van der Waals surface area contributed by atoms with Crippen LogP contribution in [0.3, 0.4) is 0 Å². The zero-order valence-corrected chi connectivity index (χ0v) is 10.5. The number of rotatable bonds is 3. The van der Waals surface area contributed by atoms with E-state index in [0.29, 0.717) is 0 Å². The minimum absolute atomic E-state index is 0.00343. The minimum atomic E-state index is -0.00343. The summed E-state index contributed by atoms with van der Waals surface area (Å²) in [7, 11) is 1.98. The number of pyridine rings is 1. The topological polar surface area (TPSA) is 28.2 Å². The van der Waals surface area contributed by atoms with E-state index in [1.165, 1.54) is 18.4 Å². The van der Waals surface area contributed by atoms with Gasteiger partial charge in [0.25, 0.3) is 0 Å². The first-order chi connectivity index (χ1) is 7.63. The normalized spacial score (nSPS) is 16.8. The Balaban J connectivity index is 2.15. The Morgan fingerprint density at radius 1 is 1.25 bits per heavy atom. The summed E-state index contributed by atoms with van der Waals surface area (Å²) in [6.07, 6.45) is 4.58. The van der Waals surface area contributed by atoms with Gasteiger partial charge in [-0.1, -0.05) is 6.07 Å². The lowest BCUT2D eigenvalue weighted by molar-refractivity contribution is 0.443. The maximum atomic E-state index is 4.56. The molecule has 0 aliphatic carbocycles. The molecule has 0 aromatic carbocycles. The van der Waals surface area contributed by atoms with Gasteiger partial charge in [-0.2, -0.15) is 0 Å². The van der Waals surface area contributed by atoms with Gasteiger partial charge >= 0.3 is 0 Å². The third-order valence-electron chi connectivity index (χ3n) is 3.52. The molecule has 1 saturated heterocycles. The molecule has 16 heavy (non-hydrogen) atoms. The first-order valence-electron chi connectivity index (χ1n) is 6.04. The summed E-state index contributed by atoms with van der Waals surface area (Å²) in [5.74, 6) is 1.12. The molecule has 1 aromatic rings. The van der Waals surface area contributed by atoms with Crippen molar-refractivity contribution in [3.05, 3.63) is 23.9 Å². The fraction of sp³-hybridized carbons (Fsp3) is 0.615. The summed E-state index contributed by atoms with van der Waals surface area (Å²) in [6, 6.07) is 4.32. The van der Waals surface area contributed by atoms with E-state index < -0.39 is 0 Å². The second kappa shape index (κ2) is 4.42. The van der Waals surface area contributed by atoms with Gasteiger partial charge in [0, 0.05) is 24.8 Å². The molecule has 1 aliphatic heterocycles. The quantitative estimate of drug-likeness (QED) is 0.844. The zero-order chi connectivity index (χ0) is 11.6. The van der Waals surface area contributed by atoms with Crippen molar-refractivity contribution in [2.75, 3.05) is 25.0 Å². The molecule has 0 saturated carbocycles. The Bertz CT molecular complexity index is 337. The monoisotopic (exact) mass is 219 g/mol. The molecule has 3 nitrogen and oxygen atoms in total. The third-order valence-corrected chi connectivity index (χ3v) is 3.52. The number of hydrogen-bond acceptors (Lipinski definition) is 3. The lowest BCUT2D eigenvalue weighted by Gasteiger charge is -2.25. The number of anilines is 1. The molecule has 0 atom stereocenters. The fourth-order valence-corrected chi connectivity index (χ4v) is 2.03. The summed E-state index contributed by atoms with van der Waals surface area (Å²) < 4.78 is 0. The fourth-order valence-electron chi connectivity index (χ4n) is 2.03. The van der Waals surface area contributed by atoms with Gasteiger partial charge in [-0.3, -0.25) is 0 Å². The van der Waals surface area contributed by atoms with Crippen LogP contribution in [0.1, 0.15) is 32.3 Å². The largest absolute Gasteiger partial charge is 0.357 e. The number of hydrogen-bond donors (Lipinski definition) is 1. The molecule has 0 spiro atoms. The van der Waals surface area contributed by atoms with Crippen LogP contribution in [0.5, 0.6) is 0 Å². The number of nitrogens with zero attached hydrogens (tertiary/aromatic N) is 2. The summed E-state index contributed by atoms with van der Waals surface area (Å²) >= 11 is 0. The Morgan fingerprint density at radius 3 is 2.44 bits per heavy atom. The SMILES string of the molecule is CNC(C)(C)c1ccc(N2CCCC2)nc1. The van der Waals surface area contributed by atoms with Gasteiger partial charge in [0.15, 0.2) is 0 Å². The highest BCUT2D eigenvalue weighted by Gasteiger charge is 2.19. The van der Waals surface area contributed by atoms with Crippen molar-refractivity contribution < 1.29 is 0 Å². The highest BCUT2D eigenvalue weighted by molar-refractivity contribution is 5.41. The van der Waals surface area contributed by atoms with Gasteiger partial charge in [-0.25, -0.2) is 4.98 Å². The van der Waals surface area contributed by atoms with Crippen LogP contribution in [0, 0.1) is 0 Å². The molecule has 1 fully saturated rings. The highest BCUT2D eigenvalue weighted by atomic mass is 15.2. The molecular formula is C13H21N3. The van der Waals surface area contributed by atoms with Gasteiger partial charge in [0.1, 0.15) is 5.82 Å². The van der Waals surface area contributed by atoms with Crippen LogP contribution < -0.4 is 10.2 Å². The first kappa shape index (κ1) is 11.4. The summed E-state index contributed by atoms with van der Waals surface area (Å²) in [4.78, 5) is 6.92. The van der Waals surface area contributed by atoms with Crippen molar-refractivity contribution in [2.45, 2.75) is 32.2 Å². The van der Waals surface area contributed by atoms with Crippen LogP contribution in [0.25, 0.3) is 0 Å². The van der Waals surface area contributed by atoms with Crippen molar-refractivity contribution in [3.8, 4) is 0 Å². The first-order valence-corrected chi connectivity index (χ1v) is 6.04. The smallest absolute Gasteiger partial charge is 0.128 e. The van der Waals surface area contributed by atoms with E-state index in [-0.39, 0.29) is 5.54 Å². The van der Waals surface area contributed by atoms with E-state index in [1.807, 2.05) is 13.2 Å². The second-order valence-corrected chi connectivity index (χ2v) is 4.97. The van der Waals surface area contributed by atoms with Crippen molar-refractivity contribution in [3.63, 3.8) is 0 Å². The molecule has 1 aromatic heterocycles. The zero-order valence-electron chi connectivity index (χ0n) is 10.5. The summed E-state index contributed by atoms with van der Waals surface area (Å²) in [6.45, 7) is 6.64. The molecule has 0 bridgehead atoms. The van der Waals surface area contributed by atoms with Crippen LogP contribution in [-0.4, -0.2) is 25.1 Å². The highest BCUT2D eigenvalue weighted by Crippen LogP contribution is 2.22. The van der Waals surface area contributed by atoms with E-state index in [1.54, 1.807) is 0 Å². The minimum Gasteiger partial charge on any atom is -0.357 e. The molecule has 0 unspecified atom stereocenters. The van der Waals surface area contributed by atoms with Crippen molar-refractivity contribution in [1.82, 2.24) is 10.3 Å². The van der Waals surface area contributed by atoms with Gasteiger partial charge in [0.2, 0.25) is 0 Å². The molecule has 1 aliphatic rings. The van der Waals surface area contributed by atoms with Crippen LogP contribution >= 0.6 is 0 Å². The molecule has 88 valence electrons. The molecular weight excluding hydrogens is 198 g/mol. The predicted molar refractivity (Wildman–Crippen MR) is 67.8 cm³/mol. The average molecular weight is 219 g/mol. The van der Waals surface area contributed by atoms with Gasteiger partial charge in [0.05, 0.1) is 0 Å². The Labute approximate surface area is 97.9 Å². The van der Waals surface area contributed by atoms with E-state index in [9.17, 15) is 0 Å². The number of nitrogens with one attached hydrogen (secondary N) is 1. The Hall–Kier alpha value is -1.09. The second-order valence-electron chi connectivity index (χ2n) is 4.97. The number of aromatic nitrogens is 1. The molecule has 1 N–H and O–H groups in total. The summed E-state index contributed by atoms with van der Waals surface area (Å²) in [5.41, 5.74) is 1.23. The lowest BCUT2D eigenvalue weighted by atomic mass is 9.96. The third kappa shape index (κ3) is 2.19. The van der Waals surface area contributed by atoms with Crippen molar-refractivity contribution in [1.29, 1.82) is 0 Å². The van der Waals surface area contributed by atoms with Crippen LogP contribution in [0.2, 0.25) is 0 Å². The molecule has 0 amide bonds. The van der Waals surface area contributed by atoms with Gasteiger partial charge < -0.3 is 10.2 Å². The Kier molecular flexibility index (Phi) is 3.15.